The van der Waals surface area contributed by atoms with Gasteiger partial charge in [0, 0.05) is 46.9 Å². The Morgan fingerprint density at radius 1 is 0.809 bits per heavy atom. The molecule has 2 aliphatic heterocycles. The number of amides is 4. The first-order valence-electron chi connectivity index (χ1n) is 21.4. The topological polar surface area (TPSA) is 205 Å². The fourth-order valence-electron chi connectivity index (χ4n) is 7.76. The third kappa shape index (κ3) is 11.0. The maximum absolute atomic E-state index is 13.3. The Labute approximate surface area is 404 Å². The smallest absolute Gasteiger partial charge is 0.352 e. The number of β-lactam (4-membered cyclic amide) rings is 1. The number of carboxylic acid groups (broad SMARTS) is 1. The summed E-state index contributed by atoms with van der Waals surface area (Å²) in [6.07, 6.45) is -0.00430. The van der Waals surface area contributed by atoms with Crippen molar-refractivity contribution in [2.45, 2.75) is 35.7 Å². The SMILES string of the molecule is CO/N=C(/C(=O)NC1C(=O)N2C(C(=O)O)=C(CSc3ccc(NC(=O)CCC(=O)NCc4ccc(C(=C(c5ccccc5)c5ccccc5)c5ccccc5)cc4)cc3)CSC12)c1csc(N)n1. The van der Waals surface area contributed by atoms with Crippen molar-refractivity contribution in [3.05, 3.63) is 190 Å². The molecule has 2 unspecified atom stereocenters. The number of benzene rings is 5. The van der Waals surface area contributed by atoms with E-state index in [1.165, 1.54) is 40.9 Å². The molecule has 17 heteroatoms. The van der Waals surface area contributed by atoms with E-state index in [0.717, 1.165) is 55.2 Å². The zero-order valence-electron chi connectivity index (χ0n) is 36.6. The highest BCUT2D eigenvalue weighted by molar-refractivity contribution is 8.01. The molecule has 3 heterocycles. The lowest BCUT2D eigenvalue weighted by molar-refractivity contribution is -0.150. The van der Waals surface area contributed by atoms with Gasteiger partial charge < -0.3 is 31.6 Å². The molecular formula is C51H45N7O7S3. The average molecular weight is 964 g/mol. The van der Waals surface area contributed by atoms with Gasteiger partial charge in [-0.1, -0.05) is 120 Å². The second kappa shape index (κ2) is 21.9. The highest BCUT2D eigenvalue weighted by Gasteiger charge is 2.54. The summed E-state index contributed by atoms with van der Waals surface area (Å²) >= 11 is 3.85. The van der Waals surface area contributed by atoms with Gasteiger partial charge in [0.1, 0.15) is 29.9 Å². The number of oxime groups is 1. The second-order valence-corrected chi connectivity index (χ2v) is 18.5. The molecule has 4 amide bonds. The number of carbonyl (C=O) groups excluding carboxylic acids is 4. The summed E-state index contributed by atoms with van der Waals surface area (Å²) in [4.78, 5) is 75.4. The number of thioether (sulfide) groups is 2. The standard InChI is InChI=1S/C51H45N7O7S3/c1-65-57-44(39-30-68-51(52)55-39)47(61)56-45-48(62)58-46(50(63)64)36(29-67-49(45)58)28-66-38-23-21-37(22-24-38)54-41(60)26-25-40(59)53-27-31-17-19-35(20-18-31)43(34-15-9-4-10-16-34)42(32-11-5-2-6-12-32)33-13-7-3-8-14-33/h2-24,30,45,49H,25-29H2,1H3,(H2,52,55)(H,53,59)(H,54,60)(H,56,61)(H,63,64)/b57-44+. The quantitative estimate of drug-likeness (QED) is 0.0186. The fraction of sp³-hybridized carbons (Fsp3) is 0.157. The number of rotatable bonds is 18. The Morgan fingerprint density at radius 3 is 1.93 bits per heavy atom. The minimum atomic E-state index is -1.24. The van der Waals surface area contributed by atoms with E-state index in [2.05, 4.69) is 74.6 Å². The van der Waals surface area contributed by atoms with Gasteiger partial charge in [-0.05, 0) is 68.8 Å². The molecule has 0 saturated carbocycles. The van der Waals surface area contributed by atoms with Gasteiger partial charge in [-0.15, -0.1) is 34.9 Å². The summed E-state index contributed by atoms with van der Waals surface area (Å²) in [5.74, 6) is -2.46. The first kappa shape index (κ1) is 47.0. The number of anilines is 2. The van der Waals surface area contributed by atoms with Gasteiger partial charge in [-0.2, -0.15) is 0 Å². The van der Waals surface area contributed by atoms with Crippen LogP contribution in [0.3, 0.4) is 0 Å². The number of nitrogen functional groups attached to an aromatic ring is 1. The van der Waals surface area contributed by atoms with Crippen LogP contribution in [0.2, 0.25) is 0 Å². The number of nitrogens with two attached hydrogens (primary N) is 1. The van der Waals surface area contributed by atoms with E-state index < -0.39 is 29.2 Å². The molecular weight excluding hydrogens is 919 g/mol. The summed E-state index contributed by atoms with van der Waals surface area (Å²) in [5.41, 5.74) is 14.2. The van der Waals surface area contributed by atoms with Crippen molar-refractivity contribution in [1.29, 1.82) is 0 Å². The van der Waals surface area contributed by atoms with Crippen molar-refractivity contribution < 1.29 is 33.9 Å². The number of aliphatic carboxylic acids is 1. The van der Waals surface area contributed by atoms with Gasteiger partial charge in [-0.3, -0.25) is 24.1 Å². The van der Waals surface area contributed by atoms with Gasteiger partial charge in [0.15, 0.2) is 10.8 Å². The summed E-state index contributed by atoms with van der Waals surface area (Å²) in [5, 5.41) is 23.5. The number of thiazole rings is 1. The highest BCUT2D eigenvalue weighted by Crippen LogP contribution is 2.42. The number of aromatic nitrogens is 1. The molecule has 6 N–H and O–H groups in total. The number of hydrogen-bond donors (Lipinski definition) is 5. The minimum absolute atomic E-state index is 0.00798. The monoisotopic (exact) mass is 963 g/mol. The average Bonchev–Trinajstić information content (AvgIpc) is 3.80. The first-order chi connectivity index (χ1) is 33.1. The van der Waals surface area contributed by atoms with E-state index >= 15 is 0 Å². The van der Waals surface area contributed by atoms with Gasteiger partial charge in [0.25, 0.3) is 11.8 Å². The Morgan fingerprint density at radius 2 is 1.38 bits per heavy atom. The van der Waals surface area contributed by atoms with Gasteiger partial charge in [-0.25, -0.2) is 9.78 Å². The predicted octanol–water partition coefficient (Wildman–Crippen LogP) is 7.65. The Balaban J connectivity index is 0.819. The first-order valence-corrected chi connectivity index (χ1v) is 24.3. The Kier molecular flexibility index (Phi) is 15.1. The van der Waals surface area contributed by atoms with Crippen molar-refractivity contribution >= 4 is 92.1 Å². The molecule has 344 valence electrons. The zero-order chi connectivity index (χ0) is 47.6. The zero-order valence-corrected chi connectivity index (χ0v) is 39.0. The van der Waals surface area contributed by atoms with Crippen LogP contribution >= 0.6 is 34.9 Å². The number of fused-ring (bicyclic) bond motifs is 1. The van der Waals surface area contributed by atoms with Crippen LogP contribution in [0, 0.1) is 0 Å². The van der Waals surface area contributed by atoms with Gasteiger partial charge in [0.2, 0.25) is 11.8 Å². The lowest BCUT2D eigenvalue weighted by Gasteiger charge is -2.49. The van der Waals surface area contributed by atoms with Gasteiger partial charge >= 0.3 is 5.97 Å². The van der Waals surface area contributed by atoms with E-state index in [1.807, 2.05) is 66.7 Å². The van der Waals surface area contributed by atoms with Crippen molar-refractivity contribution in [2.75, 3.05) is 29.7 Å². The fourth-order valence-corrected chi connectivity index (χ4v) is 10.7. The molecule has 0 radical (unpaired) electrons. The van der Waals surface area contributed by atoms with Crippen molar-refractivity contribution in [1.82, 2.24) is 20.5 Å². The summed E-state index contributed by atoms with van der Waals surface area (Å²) in [7, 11) is 1.27. The molecule has 68 heavy (non-hydrogen) atoms. The van der Waals surface area contributed by atoms with E-state index in [9.17, 15) is 29.1 Å². The molecule has 6 aromatic rings. The summed E-state index contributed by atoms with van der Waals surface area (Å²) in [6, 6.07) is 45.3. The van der Waals surface area contributed by atoms with Crippen LogP contribution in [0.25, 0.3) is 11.1 Å². The largest absolute Gasteiger partial charge is 0.477 e. The molecule has 0 bridgehead atoms. The summed E-state index contributed by atoms with van der Waals surface area (Å²) < 4.78 is 0. The van der Waals surface area contributed by atoms with Crippen LogP contribution in [0.1, 0.15) is 46.4 Å². The van der Waals surface area contributed by atoms with E-state index in [0.29, 0.717) is 23.6 Å². The van der Waals surface area contributed by atoms with Crippen molar-refractivity contribution in [2.24, 2.45) is 5.16 Å². The molecule has 8 rings (SSSR count). The molecule has 1 fully saturated rings. The van der Waals surface area contributed by atoms with E-state index in [1.54, 1.807) is 24.3 Å². The second-order valence-electron chi connectivity index (χ2n) is 15.5. The third-order valence-corrected chi connectivity index (χ3v) is 14.1. The molecule has 14 nitrogen and oxygen atoms in total. The van der Waals surface area contributed by atoms with Crippen LogP contribution in [0.5, 0.6) is 0 Å². The molecule has 2 aliphatic rings. The van der Waals surface area contributed by atoms with Crippen molar-refractivity contribution in [3.8, 4) is 0 Å². The number of nitrogens with zero attached hydrogens (tertiary/aromatic N) is 3. The Bertz CT molecular complexity index is 2870. The lowest BCUT2D eigenvalue weighted by atomic mass is 9.85. The third-order valence-electron chi connectivity index (χ3n) is 11.0. The molecule has 0 aliphatic carbocycles. The molecule has 2 atom stereocenters. The lowest BCUT2D eigenvalue weighted by Crippen LogP contribution is -2.71. The predicted molar refractivity (Wildman–Crippen MR) is 267 cm³/mol. The number of nitrogens with one attached hydrogen (secondary N) is 3. The molecule has 0 spiro atoms. The minimum Gasteiger partial charge on any atom is -0.477 e. The normalized spacial score (nSPS) is 15.4. The molecule has 1 aromatic heterocycles. The van der Waals surface area contributed by atoms with Crippen LogP contribution < -0.4 is 21.7 Å². The molecule has 1 saturated heterocycles. The van der Waals surface area contributed by atoms with Crippen LogP contribution in [-0.2, 0) is 35.4 Å². The van der Waals surface area contributed by atoms with Crippen LogP contribution in [0.15, 0.2) is 166 Å². The molecule has 5 aromatic carbocycles. The summed E-state index contributed by atoms with van der Waals surface area (Å²) in [6.45, 7) is 0.308. The van der Waals surface area contributed by atoms with Gasteiger partial charge in [0.05, 0.1) is 0 Å². The van der Waals surface area contributed by atoms with Crippen molar-refractivity contribution in [3.63, 3.8) is 0 Å². The number of hydrogen-bond acceptors (Lipinski definition) is 12. The van der Waals surface area contributed by atoms with E-state index in [4.69, 9.17) is 10.6 Å². The van der Waals surface area contributed by atoms with E-state index in [-0.39, 0.29) is 52.6 Å². The highest BCUT2D eigenvalue weighted by atomic mass is 32.2. The maximum Gasteiger partial charge on any atom is 0.352 e. The maximum atomic E-state index is 13.3. The number of carbonyl (C=O) groups is 5. The Hall–Kier alpha value is -7.47. The van der Waals surface area contributed by atoms with Crippen LogP contribution in [0.4, 0.5) is 10.8 Å². The number of carboxylic acids is 1. The van der Waals surface area contributed by atoms with Crippen LogP contribution in [-0.4, -0.2) is 80.3 Å².